The Balaban J connectivity index is 2.30. The van der Waals surface area contributed by atoms with Crippen LogP contribution >= 0.6 is 11.6 Å². The maximum absolute atomic E-state index is 5.90. The van der Waals surface area contributed by atoms with Gasteiger partial charge in [-0.3, -0.25) is 4.90 Å². The number of fused-ring (bicyclic) bond motifs is 1. The Kier molecular flexibility index (Phi) is 2.07. The van der Waals surface area contributed by atoms with Gasteiger partial charge in [0.15, 0.2) is 0 Å². The first-order valence-corrected chi connectivity index (χ1v) is 4.67. The summed E-state index contributed by atoms with van der Waals surface area (Å²) in [5, 5.41) is 0.853. The van der Waals surface area contributed by atoms with E-state index in [0.717, 1.165) is 24.7 Å². The highest BCUT2D eigenvalue weighted by molar-refractivity contribution is 6.30. The van der Waals surface area contributed by atoms with Crippen molar-refractivity contribution in [1.82, 2.24) is 4.90 Å². The van der Waals surface area contributed by atoms with Gasteiger partial charge in [-0.1, -0.05) is 24.6 Å². The summed E-state index contributed by atoms with van der Waals surface area (Å²) in [6.45, 7) is 5.45. The molecule has 0 N–H and O–H groups in total. The van der Waals surface area contributed by atoms with Gasteiger partial charge in [0.1, 0.15) is 0 Å². The number of halogens is 1. The Morgan fingerprint density at radius 2 is 2.08 bits per heavy atom. The van der Waals surface area contributed by atoms with E-state index in [9.17, 15) is 0 Å². The van der Waals surface area contributed by atoms with Crippen molar-refractivity contribution >= 4 is 11.6 Å². The molecular weight excluding hydrogens is 170 g/mol. The number of hydrogen-bond acceptors (Lipinski definition) is 1. The van der Waals surface area contributed by atoms with E-state index in [1.54, 1.807) is 0 Å². The molecule has 1 aromatic rings. The Morgan fingerprint density at radius 1 is 1.33 bits per heavy atom. The quantitative estimate of drug-likeness (QED) is 0.644. The normalized spacial score (nSPS) is 16.5. The maximum Gasteiger partial charge on any atom is 0.0409 e. The van der Waals surface area contributed by atoms with Gasteiger partial charge >= 0.3 is 0 Å². The Morgan fingerprint density at radius 3 is 2.83 bits per heavy atom. The predicted octanol–water partition coefficient (Wildman–Crippen LogP) is 2.68. The van der Waals surface area contributed by atoms with Crippen LogP contribution in [0.4, 0.5) is 0 Å². The minimum absolute atomic E-state index is 0.853. The fourth-order valence-electron chi connectivity index (χ4n) is 1.66. The van der Waals surface area contributed by atoms with Crippen molar-refractivity contribution in [2.75, 3.05) is 6.54 Å². The second-order valence-electron chi connectivity index (χ2n) is 3.22. The lowest BCUT2D eigenvalue weighted by Crippen LogP contribution is -2.14. The van der Waals surface area contributed by atoms with E-state index >= 15 is 0 Å². The third kappa shape index (κ3) is 1.35. The molecule has 0 spiro atoms. The van der Waals surface area contributed by atoms with Gasteiger partial charge in [-0.05, 0) is 29.8 Å². The smallest absolute Gasteiger partial charge is 0.0409 e. The first-order valence-electron chi connectivity index (χ1n) is 4.29. The van der Waals surface area contributed by atoms with E-state index in [4.69, 9.17) is 11.6 Å². The highest BCUT2D eigenvalue weighted by Gasteiger charge is 2.16. The average molecular weight is 182 g/mol. The first-order chi connectivity index (χ1) is 5.79. The Labute approximate surface area is 77.9 Å². The lowest BCUT2D eigenvalue weighted by atomic mass is 10.1. The van der Waals surface area contributed by atoms with Gasteiger partial charge < -0.3 is 0 Å². The number of nitrogens with zero attached hydrogens (tertiary/aromatic N) is 1. The molecule has 1 aromatic carbocycles. The summed E-state index contributed by atoms with van der Waals surface area (Å²) in [4.78, 5) is 2.40. The van der Waals surface area contributed by atoms with Crippen LogP contribution in [0, 0.1) is 0 Å². The maximum atomic E-state index is 5.90. The molecule has 64 valence electrons. The molecule has 0 aromatic heterocycles. The fraction of sp³-hybridized carbons (Fsp3) is 0.400. The third-order valence-electron chi connectivity index (χ3n) is 2.40. The van der Waals surface area contributed by atoms with Crippen LogP contribution in [0.3, 0.4) is 0 Å². The zero-order valence-electron chi connectivity index (χ0n) is 7.18. The van der Waals surface area contributed by atoms with Crippen molar-refractivity contribution in [3.63, 3.8) is 0 Å². The molecule has 2 heteroatoms. The molecule has 2 rings (SSSR count). The van der Waals surface area contributed by atoms with Crippen LogP contribution in [0.15, 0.2) is 18.2 Å². The third-order valence-corrected chi connectivity index (χ3v) is 2.64. The van der Waals surface area contributed by atoms with Gasteiger partial charge in [0.05, 0.1) is 0 Å². The van der Waals surface area contributed by atoms with E-state index in [-0.39, 0.29) is 0 Å². The van der Waals surface area contributed by atoms with Crippen molar-refractivity contribution in [1.29, 1.82) is 0 Å². The zero-order valence-corrected chi connectivity index (χ0v) is 7.93. The lowest BCUT2D eigenvalue weighted by molar-refractivity contribution is 0.301. The summed E-state index contributed by atoms with van der Waals surface area (Å²) < 4.78 is 0. The van der Waals surface area contributed by atoms with Crippen molar-refractivity contribution in [2.45, 2.75) is 20.0 Å². The highest BCUT2D eigenvalue weighted by Crippen LogP contribution is 2.24. The molecule has 1 nitrogen and oxygen atoms in total. The summed E-state index contributed by atoms with van der Waals surface area (Å²) >= 11 is 5.90. The van der Waals surface area contributed by atoms with Crippen LogP contribution in [-0.4, -0.2) is 11.4 Å². The van der Waals surface area contributed by atoms with Gasteiger partial charge in [0, 0.05) is 18.1 Å². The van der Waals surface area contributed by atoms with Crippen molar-refractivity contribution in [3.8, 4) is 0 Å². The van der Waals surface area contributed by atoms with Crippen LogP contribution in [0.1, 0.15) is 18.1 Å². The van der Waals surface area contributed by atoms with Gasteiger partial charge in [-0.15, -0.1) is 0 Å². The molecule has 1 aliphatic rings. The van der Waals surface area contributed by atoms with Crippen LogP contribution in [-0.2, 0) is 13.1 Å². The lowest BCUT2D eigenvalue weighted by Gasteiger charge is -2.09. The average Bonchev–Trinajstić information content (AvgIpc) is 2.46. The molecule has 1 aliphatic heterocycles. The monoisotopic (exact) mass is 181 g/mol. The fourth-order valence-corrected chi connectivity index (χ4v) is 1.85. The van der Waals surface area contributed by atoms with Crippen LogP contribution in [0.5, 0.6) is 0 Å². The Hall–Kier alpha value is -0.530. The van der Waals surface area contributed by atoms with E-state index < -0.39 is 0 Å². The van der Waals surface area contributed by atoms with Crippen molar-refractivity contribution in [2.24, 2.45) is 0 Å². The highest BCUT2D eigenvalue weighted by atomic mass is 35.5. The summed E-state index contributed by atoms with van der Waals surface area (Å²) in [5.74, 6) is 0. The topological polar surface area (TPSA) is 3.24 Å². The summed E-state index contributed by atoms with van der Waals surface area (Å²) in [7, 11) is 0. The Bertz CT molecular complexity index is 296. The van der Waals surface area contributed by atoms with Gasteiger partial charge in [-0.25, -0.2) is 0 Å². The summed E-state index contributed by atoms with van der Waals surface area (Å²) in [6.07, 6.45) is 0. The summed E-state index contributed by atoms with van der Waals surface area (Å²) in [6, 6.07) is 6.18. The molecule has 0 unspecified atom stereocenters. The van der Waals surface area contributed by atoms with E-state index in [1.807, 2.05) is 6.07 Å². The summed E-state index contributed by atoms with van der Waals surface area (Å²) in [5.41, 5.74) is 2.82. The number of benzene rings is 1. The SMILES string of the molecule is CCN1Cc2ccc(Cl)cc2C1. The molecule has 0 aliphatic carbocycles. The molecule has 0 saturated heterocycles. The largest absolute Gasteiger partial charge is 0.295 e. The van der Waals surface area contributed by atoms with Crippen molar-refractivity contribution < 1.29 is 0 Å². The van der Waals surface area contributed by atoms with Crippen LogP contribution < -0.4 is 0 Å². The molecule has 0 bridgehead atoms. The molecule has 0 amide bonds. The minimum Gasteiger partial charge on any atom is -0.295 e. The molecular formula is C10H12ClN. The number of hydrogen-bond donors (Lipinski definition) is 0. The standard InChI is InChI=1S/C10H12ClN/c1-2-12-6-8-3-4-10(11)5-9(8)7-12/h3-5H,2,6-7H2,1H3. The van der Waals surface area contributed by atoms with Crippen molar-refractivity contribution in [3.05, 3.63) is 34.3 Å². The molecule has 1 heterocycles. The van der Waals surface area contributed by atoms with E-state index in [1.165, 1.54) is 11.1 Å². The molecule has 0 fully saturated rings. The van der Waals surface area contributed by atoms with E-state index in [2.05, 4.69) is 24.0 Å². The van der Waals surface area contributed by atoms with Crippen LogP contribution in [0.2, 0.25) is 5.02 Å². The van der Waals surface area contributed by atoms with E-state index in [0.29, 0.717) is 0 Å². The second kappa shape index (κ2) is 3.08. The molecule has 12 heavy (non-hydrogen) atoms. The zero-order chi connectivity index (χ0) is 8.55. The molecule has 0 atom stereocenters. The predicted molar refractivity (Wildman–Crippen MR) is 51.2 cm³/mol. The minimum atomic E-state index is 0.853. The molecule has 0 saturated carbocycles. The van der Waals surface area contributed by atoms with Gasteiger partial charge in [0.2, 0.25) is 0 Å². The second-order valence-corrected chi connectivity index (χ2v) is 3.65. The first kappa shape index (κ1) is 8.09. The number of rotatable bonds is 1. The van der Waals surface area contributed by atoms with Gasteiger partial charge in [0.25, 0.3) is 0 Å². The molecule has 0 radical (unpaired) electrons. The van der Waals surface area contributed by atoms with Gasteiger partial charge in [-0.2, -0.15) is 0 Å². The van der Waals surface area contributed by atoms with Crippen LogP contribution in [0.25, 0.3) is 0 Å².